The number of rotatable bonds is 3. The van der Waals surface area contributed by atoms with Crippen molar-refractivity contribution in [3.8, 4) is 5.75 Å². The zero-order chi connectivity index (χ0) is 12.4. The van der Waals surface area contributed by atoms with Crippen LogP contribution in [0.1, 0.15) is 5.56 Å². The van der Waals surface area contributed by atoms with Crippen molar-refractivity contribution in [2.45, 2.75) is 6.61 Å². The van der Waals surface area contributed by atoms with Gasteiger partial charge in [0.05, 0.1) is 0 Å². The van der Waals surface area contributed by atoms with Crippen LogP contribution >= 0.6 is 27.3 Å². The topological polar surface area (TPSA) is 9.23 Å². The van der Waals surface area contributed by atoms with Crippen LogP contribution in [0.15, 0.2) is 58.4 Å². The first kappa shape index (κ1) is 11.8. The Hall–Kier alpha value is -1.32. The summed E-state index contributed by atoms with van der Waals surface area (Å²) in [6, 6.07) is 16.2. The fraction of sp³-hybridized carbons (Fsp3) is 0.0667. The van der Waals surface area contributed by atoms with Gasteiger partial charge in [0.1, 0.15) is 12.4 Å². The summed E-state index contributed by atoms with van der Waals surface area (Å²) in [7, 11) is 0. The second-order valence-electron chi connectivity index (χ2n) is 3.98. The van der Waals surface area contributed by atoms with E-state index in [4.69, 9.17) is 4.74 Å². The third kappa shape index (κ3) is 2.28. The van der Waals surface area contributed by atoms with E-state index in [9.17, 15) is 0 Å². The van der Waals surface area contributed by atoms with Crippen molar-refractivity contribution in [2.75, 3.05) is 0 Å². The molecule has 0 spiro atoms. The van der Waals surface area contributed by atoms with Crippen LogP contribution in [-0.4, -0.2) is 0 Å². The van der Waals surface area contributed by atoms with Crippen molar-refractivity contribution in [1.29, 1.82) is 0 Å². The van der Waals surface area contributed by atoms with Gasteiger partial charge < -0.3 is 4.74 Å². The first-order valence-electron chi connectivity index (χ1n) is 5.67. The number of benzene rings is 2. The highest BCUT2D eigenvalue weighted by atomic mass is 79.9. The molecule has 0 fully saturated rings. The highest BCUT2D eigenvalue weighted by molar-refractivity contribution is 9.10. The lowest BCUT2D eigenvalue weighted by atomic mass is 10.2. The number of para-hydroxylation sites is 1. The number of hydrogen-bond donors (Lipinski definition) is 0. The summed E-state index contributed by atoms with van der Waals surface area (Å²) in [6.45, 7) is 0.612. The van der Waals surface area contributed by atoms with E-state index in [-0.39, 0.29) is 0 Å². The molecule has 3 rings (SSSR count). The molecule has 0 saturated carbocycles. The molecular weight excluding hydrogens is 308 g/mol. The quantitative estimate of drug-likeness (QED) is 0.641. The molecule has 0 aliphatic heterocycles. The van der Waals surface area contributed by atoms with Crippen molar-refractivity contribution in [2.24, 2.45) is 0 Å². The molecule has 0 aliphatic carbocycles. The minimum absolute atomic E-state index is 0.612. The van der Waals surface area contributed by atoms with Crippen LogP contribution in [0, 0.1) is 0 Å². The predicted molar refractivity (Wildman–Crippen MR) is 80.3 cm³/mol. The Bertz CT molecular complexity index is 661. The summed E-state index contributed by atoms with van der Waals surface area (Å²) in [5.41, 5.74) is 1.24. The number of ether oxygens (including phenoxy) is 1. The van der Waals surface area contributed by atoms with Gasteiger partial charge in [-0.25, -0.2) is 0 Å². The van der Waals surface area contributed by atoms with Gasteiger partial charge in [-0.05, 0) is 39.5 Å². The lowest BCUT2D eigenvalue weighted by molar-refractivity contribution is 0.308. The number of halogens is 1. The van der Waals surface area contributed by atoms with Crippen molar-refractivity contribution in [3.05, 3.63) is 63.9 Å². The Morgan fingerprint density at radius 1 is 1.00 bits per heavy atom. The maximum atomic E-state index is 5.79. The smallest absolute Gasteiger partial charge is 0.119 e. The molecule has 0 radical (unpaired) electrons. The molecule has 0 atom stereocenters. The average Bonchev–Trinajstić information content (AvgIpc) is 2.82. The predicted octanol–water partition coefficient (Wildman–Crippen LogP) is 5.24. The van der Waals surface area contributed by atoms with E-state index >= 15 is 0 Å². The molecule has 0 amide bonds. The van der Waals surface area contributed by atoms with Gasteiger partial charge in [-0.2, -0.15) is 0 Å². The number of fused-ring (bicyclic) bond motifs is 1. The van der Waals surface area contributed by atoms with Gasteiger partial charge >= 0.3 is 0 Å². The molecule has 2 aromatic carbocycles. The molecule has 1 aromatic heterocycles. The van der Waals surface area contributed by atoms with E-state index in [0.29, 0.717) is 6.61 Å². The highest BCUT2D eigenvalue weighted by Gasteiger charge is 2.06. The van der Waals surface area contributed by atoms with Crippen LogP contribution in [0.3, 0.4) is 0 Å². The summed E-state index contributed by atoms with van der Waals surface area (Å²) < 4.78 is 8.22. The van der Waals surface area contributed by atoms with Crippen molar-refractivity contribution < 1.29 is 4.74 Å². The van der Waals surface area contributed by atoms with Gasteiger partial charge in [0.25, 0.3) is 0 Å². The first-order chi connectivity index (χ1) is 8.84. The van der Waals surface area contributed by atoms with E-state index in [2.05, 4.69) is 39.5 Å². The summed E-state index contributed by atoms with van der Waals surface area (Å²) in [5, 5.41) is 3.43. The van der Waals surface area contributed by atoms with E-state index in [0.717, 1.165) is 10.2 Å². The molecule has 90 valence electrons. The van der Waals surface area contributed by atoms with Gasteiger partial charge in [0, 0.05) is 20.1 Å². The molecule has 18 heavy (non-hydrogen) atoms. The summed E-state index contributed by atoms with van der Waals surface area (Å²) in [4.78, 5) is 0. The number of hydrogen-bond acceptors (Lipinski definition) is 2. The van der Waals surface area contributed by atoms with E-state index < -0.39 is 0 Å². The Balaban J connectivity index is 1.85. The molecule has 1 nitrogen and oxygen atoms in total. The molecule has 3 aromatic rings. The lowest BCUT2D eigenvalue weighted by Crippen LogP contribution is -1.93. The molecule has 1 heterocycles. The summed E-state index contributed by atoms with van der Waals surface area (Å²) >= 11 is 5.32. The minimum atomic E-state index is 0.612. The molecular formula is C15H11BrOS. The molecule has 3 heteroatoms. The Labute approximate surface area is 118 Å². The third-order valence-corrected chi connectivity index (χ3v) is 4.77. The largest absolute Gasteiger partial charge is 0.489 e. The molecule has 0 N–H and O–H groups in total. The van der Waals surface area contributed by atoms with Crippen LogP contribution in [0.2, 0.25) is 0 Å². The standard InChI is InChI=1S/C15H11BrOS/c16-14-8-4-7-13-11(10-18-15(13)14)9-17-12-5-2-1-3-6-12/h1-8,10H,9H2. The summed E-state index contributed by atoms with van der Waals surface area (Å²) in [5.74, 6) is 0.909. The van der Waals surface area contributed by atoms with Crippen LogP contribution in [0.4, 0.5) is 0 Å². The lowest BCUT2D eigenvalue weighted by Gasteiger charge is -2.05. The van der Waals surface area contributed by atoms with Crippen LogP contribution in [0.5, 0.6) is 5.75 Å². The van der Waals surface area contributed by atoms with Crippen molar-refractivity contribution >= 4 is 37.4 Å². The first-order valence-corrected chi connectivity index (χ1v) is 7.34. The number of thiophene rings is 1. The fourth-order valence-electron chi connectivity index (χ4n) is 1.86. The SMILES string of the molecule is Brc1cccc2c(COc3ccccc3)csc12. The van der Waals surface area contributed by atoms with E-state index in [1.807, 2.05) is 30.3 Å². The van der Waals surface area contributed by atoms with Crippen molar-refractivity contribution in [1.82, 2.24) is 0 Å². The van der Waals surface area contributed by atoms with E-state index in [1.165, 1.54) is 15.6 Å². The van der Waals surface area contributed by atoms with E-state index in [1.54, 1.807) is 11.3 Å². The fourth-order valence-corrected chi connectivity index (χ4v) is 3.47. The Morgan fingerprint density at radius 3 is 2.67 bits per heavy atom. The monoisotopic (exact) mass is 318 g/mol. The molecule has 0 saturated heterocycles. The summed E-state index contributed by atoms with van der Waals surface area (Å²) in [6.07, 6.45) is 0. The average molecular weight is 319 g/mol. The van der Waals surface area contributed by atoms with Gasteiger partial charge in [-0.3, -0.25) is 0 Å². The third-order valence-electron chi connectivity index (χ3n) is 2.77. The molecule has 0 bridgehead atoms. The highest BCUT2D eigenvalue weighted by Crippen LogP contribution is 2.32. The molecule has 0 aliphatic rings. The minimum Gasteiger partial charge on any atom is -0.489 e. The normalized spacial score (nSPS) is 10.7. The maximum absolute atomic E-state index is 5.79. The Kier molecular flexibility index (Phi) is 3.35. The maximum Gasteiger partial charge on any atom is 0.119 e. The second-order valence-corrected chi connectivity index (χ2v) is 5.71. The zero-order valence-electron chi connectivity index (χ0n) is 9.60. The van der Waals surface area contributed by atoms with Crippen LogP contribution in [-0.2, 0) is 6.61 Å². The van der Waals surface area contributed by atoms with Crippen LogP contribution < -0.4 is 4.74 Å². The van der Waals surface area contributed by atoms with Gasteiger partial charge in [-0.1, -0.05) is 30.3 Å². The van der Waals surface area contributed by atoms with Crippen LogP contribution in [0.25, 0.3) is 10.1 Å². The van der Waals surface area contributed by atoms with Gasteiger partial charge in [-0.15, -0.1) is 11.3 Å². The van der Waals surface area contributed by atoms with Crippen molar-refractivity contribution in [3.63, 3.8) is 0 Å². The second kappa shape index (κ2) is 5.12. The van der Waals surface area contributed by atoms with Gasteiger partial charge in [0.2, 0.25) is 0 Å². The van der Waals surface area contributed by atoms with Gasteiger partial charge in [0.15, 0.2) is 0 Å². The Morgan fingerprint density at radius 2 is 1.83 bits per heavy atom. The zero-order valence-corrected chi connectivity index (χ0v) is 12.0. The molecule has 0 unspecified atom stereocenters.